The van der Waals surface area contributed by atoms with E-state index in [0.29, 0.717) is 26.1 Å². The zero-order valence-corrected chi connectivity index (χ0v) is 8.54. The Balaban J connectivity index is 3.03. The number of unbranched alkanes of at least 4 members (excludes halogenated alkanes) is 1. The lowest BCUT2D eigenvalue weighted by Crippen LogP contribution is -2.11. The van der Waals surface area contributed by atoms with Crippen molar-refractivity contribution in [3.8, 4) is 0 Å². The lowest BCUT2D eigenvalue weighted by Gasteiger charge is -2.09. The summed E-state index contributed by atoms with van der Waals surface area (Å²) < 4.78 is 5.20. The first-order chi connectivity index (χ1) is 6.31. The third kappa shape index (κ3) is 9.80. The van der Waals surface area contributed by atoms with Crippen molar-refractivity contribution in [2.75, 3.05) is 19.8 Å². The van der Waals surface area contributed by atoms with Crippen LogP contribution in [0.3, 0.4) is 0 Å². The van der Waals surface area contributed by atoms with Gasteiger partial charge in [0.2, 0.25) is 0 Å². The molecule has 2 N–H and O–H groups in total. The topological polar surface area (TPSA) is 49.7 Å². The molecule has 0 bridgehead atoms. The molecule has 0 aliphatic heterocycles. The number of ether oxygens (including phenoxy) is 1. The second-order valence-electron chi connectivity index (χ2n) is 3.27. The SMILES string of the molecule is CCCCC(O)CCOCCCO. The maximum atomic E-state index is 9.41. The van der Waals surface area contributed by atoms with Crippen molar-refractivity contribution in [3.05, 3.63) is 0 Å². The van der Waals surface area contributed by atoms with Gasteiger partial charge >= 0.3 is 0 Å². The van der Waals surface area contributed by atoms with Crippen LogP contribution in [-0.4, -0.2) is 36.1 Å². The van der Waals surface area contributed by atoms with Crippen LogP contribution in [0.1, 0.15) is 39.0 Å². The smallest absolute Gasteiger partial charge is 0.0562 e. The van der Waals surface area contributed by atoms with Crippen molar-refractivity contribution < 1.29 is 14.9 Å². The molecule has 0 saturated heterocycles. The van der Waals surface area contributed by atoms with Crippen LogP contribution in [-0.2, 0) is 4.74 Å². The highest BCUT2D eigenvalue weighted by molar-refractivity contribution is 4.54. The first-order valence-corrected chi connectivity index (χ1v) is 5.18. The van der Waals surface area contributed by atoms with Gasteiger partial charge in [-0.25, -0.2) is 0 Å². The summed E-state index contributed by atoms with van der Waals surface area (Å²) in [4.78, 5) is 0. The lowest BCUT2D eigenvalue weighted by atomic mass is 10.1. The number of aliphatic hydroxyl groups excluding tert-OH is 2. The quantitative estimate of drug-likeness (QED) is 0.539. The molecule has 3 nitrogen and oxygen atoms in total. The third-order valence-corrected chi connectivity index (χ3v) is 1.93. The van der Waals surface area contributed by atoms with Gasteiger partial charge in [0.1, 0.15) is 0 Å². The molecule has 0 spiro atoms. The number of hydrogen-bond acceptors (Lipinski definition) is 3. The first kappa shape index (κ1) is 12.9. The summed E-state index contributed by atoms with van der Waals surface area (Å²) in [5.74, 6) is 0. The molecule has 0 aliphatic carbocycles. The van der Waals surface area contributed by atoms with Gasteiger partial charge in [0.05, 0.1) is 6.10 Å². The standard InChI is InChI=1S/C10H22O3/c1-2-3-5-10(12)6-9-13-8-4-7-11/h10-12H,2-9H2,1H3. The molecular formula is C10H22O3. The van der Waals surface area contributed by atoms with Gasteiger partial charge in [-0.05, 0) is 19.3 Å². The van der Waals surface area contributed by atoms with Crippen molar-refractivity contribution >= 4 is 0 Å². The average molecular weight is 190 g/mol. The van der Waals surface area contributed by atoms with Crippen LogP contribution in [0, 0.1) is 0 Å². The van der Waals surface area contributed by atoms with Crippen molar-refractivity contribution in [1.82, 2.24) is 0 Å². The zero-order chi connectivity index (χ0) is 9.94. The largest absolute Gasteiger partial charge is 0.396 e. The number of hydrogen-bond donors (Lipinski definition) is 2. The molecule has 0 radical (unpaired) electrons. The average Bonchev–Trinajstić information content (AvgIpc) is 2.14. The van der Waals surface area contributed by atoms with E-state index in [1.54, 1.807) is 0 Å². The fraction of sp³-hybridized carbons (Fsp3) is 1.00. The summed E-state index contributed by atoms with van der Waals surface area (Å²) in [6.07, 6.45) is 4.27. The van der Waals surface area contributed by atoms with Gasteiger partial charge in [0, 0.05) is 19.8 Å². The minimum absolute atomic E-state index is 0.179. The minimum Gasteiger partial charge on any atom is -0.396 e. The van der Waals surface area contributed by atoms with Crippen LogP contribution in [0.4, 0.5) is 0 Å². The first-order valence-electron chi connectivity index (χ1n) is 5.18. The highest BCUT2D eigenvalue weighted by Gasteiger charge is 2.02. The third-order valence-electron chi connectivity index (χ3n) is 1.93. The Bertz CT molecular complexity index is 96.2. The van der Waals surface area contributed by atoms with Crippen molar-refractivity contribution in [2.24, 2.45) is 0 Å². The van der Waals surface area contributed by atoms with Crippen LogP contribution in [0.5, 0.6) is 0 Å². The molecule has 0 aromatic carbocycles. The van der Waals surface area contributed by atoms with Gasteiger partial charge in [-0.3, -0.25) is 0 Å². The molecule has 0 amide bonds. The summed E-state index contributed by atoms with van der Waals surface area (Å²) in [5, 5.41) is 17.9. The molecule has 0 aliphatic rings. The summed E-state index contributed by atoms with van der Waals surface area (Å²) >= 11 is 0. The predicted octanol–water partition coefficient (Wildman–Crippen LogP) is 1.33. The molecule has 0 heterocycles. The normalized spacial score (nSPS) is 13.2. The molecule has 0 saturated carbocycles. The maximum Gasteiger partial charge on any atom is 0.0562 e. The van der Waals surface area contributed by atoms with Crippen LogP contribution in [0.25, 0.3) is 0 Å². The highest BCUT2D eigenvalue weighted by atomic mass is 16.5. The Morgan fingerprint density at radius 2 is 1.92 bits per heavy atom. The Kier molecular flexibility index (Phi) is 9.87. The van der Waals surface area contributed by atoms with Gasteiger partial charge in [0.15, 0.2) is 0 Å². The molecule has 1 atom stereocenters. The fourth-order valence-electron chi connectivity index (χ4n) is 1.07. The summed E-state index contributed by atoms with van der Waals surface area (Å²) in [6, 6.07) is 0. The number of rotatable bonds is 9. The summed E-state index contributed by atoms with van der Waals surface area (Å²) in [6.45, 7) is 3.49. The van der Waals surface area contributed by atoms with E-state index in [2.05, 4.69) is 6.92 Å². The monoisotopic (exact) mass is 190 g/mol. The van der Waals surface area contributed by atoms with Crippen LogP contribution < -0.4 is 0 Å². The van der Waals surface area contributed by atoms with Crippen LogP contribution >= 0.6 is 0 Å². The van der Waals surface area contributed by atoms with E-state index in [1.807, 2.05) is 0 Å². The summed E-state index contributed by atoms with van der Waals surface area (Å²) in [7, 11) is 0. The van der Waals surface area contributed by atoms with Gasteiger partial charge in [-0.15, -0.1) is 0 Å². The van der Waals surface area contributed by atoms with Crippen molar-refractivity contribution in [2.45, 2.75) is 45.1 Å². The molecule has 0 rings (SSSR count). The lowest BCUT2D eigenvalue weighted by molar-refractivity contribution is 0.0701. The maximum absolute atomic E-state index is 9.41. The van der Waals surface area contributed by atoms with Crippen LogP contribution in [0.15, 0.2) is 0 Å². The predicted molar refractivity (Wildman–Crippen MR) is 52.7 cm³/mol. The fourth-order valence-corrected chi connectivity index (χ4v) is 1.07. The van der Waals surface area contributed by atoms with E-state index in [4.69, 9.17) is 9.84 Å². The van der Waals surface area contributed by atoms with Gasteiger partial charge in [-0.2, -0.15) is 0 Å². The van der Waals surface area contributed by atoms with E-state index in [0.717, 1.165) is 19.3 Å². The molecule has 3 heteroatoms. The summed E-state index contributed by atoms with van der Waals surface area (Å²) in [5.41, 5.74) is 0. The van der Waals surface area contributed by atoms with Gasteiger partial charge in [0.25, 0.3) is 0 Å². The Labute approximate surface area is 80.7 Å². The molecule has 80 valence electrons. The molecule has 1 unspecified atom stereocenters. The van der Waals surface area contributed by atoms with E-state index < -0.39 is 0 Å². The van der Waals surface area contributed by atoms with Crippen molar-refractivity contribution in [1.29, 1.82) is 0 Å². The van der Waals surface area contributed by atoms with E-state index in [9.17, 15) is 5.11 Å². The second-order valence-corrected chi connectivity index (χ2v) is 3.27. The molecule has 13 heavy (non-hydrogen) atoms. The molecule has 0 fully saturated rings. The molecule has 0 aromatic rings. The van der Waals surface area contributed by atoms with Crippen LogP contribution in [0.2, 0.25) is 0 Å². The van der Waals surface area contributed by atoms with Gasteiger partial charge in [-0.1, -0.05) is 19.8 Å². The van der Waals surface area contributed by atoms with E-state index in [-0.39, 0.29) is 12.7 Å². The molecule has 0 aromatic heterocycles. The second kappa shape index (κ2) is 9.96. The Hall–Kier alpha value is -0.120. The van der Waals surface area contributed by atoms with Gasteiger partial charge < -0.3 is 14.9 Å². The Morgan fingerprint density at radius 1 is 1.15 bits per heavy atom. The highest BCUT2D eigenvalue weighted by Crippen LogP contribution is 2.03. The molecular weight excluding hydrogens is 168 g/mol. The Morgan fingerprint density at radius 3 is 2.54 bits per heavy atom. The minimum atomic E-state index is -0.214. The van der Waals surface area contributed by atoms with E-state index >= 15 is 0 Å². The van der Waals surface area contributed by atoms with Crippen molar-refractivity contribution in [3.63, 3.8) is 0 Å². The zero-order valence-electron chi connectivity index (χ0n) is 8.54. The number of aliphatic hydroxyl groups is 2. The van der Waals surface area contributed by atoms with E-state index in [1.165, 1.54) is 0 Å².